The molecule has 2 aromatic rings. The molecule has 0 bridgehead atoms. The van der Waals surface area contributed by atoms with Crippen LogP contribution in [0.2, 0.25) is 0 Å². The first-order valence-electron chi connectivity index (χ1n) is 10.8. The van der Waals surface area contributed by atoms with Crippen LogP contribution in [0.4, 0.5) is 15.8 Å². The van der Waals surface area contributed by atoms with Gasteiger partial charge in [0.1, 0.15) is 5.82 Å². The summed E-state index contributed by atoms with van der Waals surface area (Å²) >= 11 is 0. The SMILES string of the molecule is O=C(NCc1ccccc1F)C1CC(=O)N(c2ccc3c(c2)CCN3C(=O)C2CC2)C1. The summed E-state index contributed by atoms with van der Waals surface area (Å²) in [4.78, 5) is 41.1. The molecule has 2 heterocycles. The molecule has 1 atom stereocenters. The van der Waals surface area contributed by atoms with Crippen molar-refractivity contribution in [2.45, 2.75) is 32.2 Å². The van der Waals surface area contributed by atoms with Crippen molar-refractivity contribution in [2.75, 3.05) is 22.9 Å². The van der Waals surface area contributed by atoms with Crippen LogP contribution in [0.5, 0.6) is 0 Å². The third-order valence-corrected chi connectivity index (χ3v) is 6.37. The number of amides is 3. The van der Waals surface area contributed by atoms with Crippen molar-refractivity contribution < 1.29 is 18.8 Å². The van der Waals surface area contributed by atoms with E-state index in [1.54, 1.807) is 23.1 Å². The Hall–Kier alpha value is -3.22. The number of nitrogens with one attached hydrogen (secondary N) is 1. The molecule has 2 aliphatic heterocycles. The molecular formula is C24H24FN3O3. The van der Waals surface area contributed by atoms with E-state index in [0.29, 0.717) is 18.7 Å². The van der Waals surface area contributed by atoms with Crippen LogP contribution in [0.15, 0.2) is 42.5 Å². The molecule has 0 radical (unpaired) electrons. The minimum Gasteiger partial charge on any atom is -0.352 e. The van der Waals surface area contributed by atoms with Crippen LogP contribution in [-0.4, -0.2) is 30.8 Å². The van der Waals surface area contributed by atoms with E-state index in [0.717, 1.165) is 36.2 Å². The normalized spacial score (nSPS) is 20.2. The highest BCUT2D eigenvalue weighted by molar-refractivity contribution is 6.02. The van der Waals surface area contributed by atoms with Gasteiger partial charge >= 0.3 is 0 Å². The molecule has 1 unspecified atom stereocenters. The van der Waals surface area contributed by atoms with E-state index >= 15 is 0 Å². The molecule has 5 rings (SSSR count). The molecule has 0 aromatic heterocycles. The van der Waals surface area contributed by atoms with Crippen molar-refractivity contribution in [3.05, 3.63) is 59.4 Å². The largest absolute Gasteiger partial charge is 0.352 e. The summed E-state index contributed by atoms with van der Waals surface area (Å²) in [7, 11) is 0. The molecule has 1 aliphatic carbocycles. The molecular weight excluding hydrogens is 397 g/mol. The van der Waals surface area contributed by atoms with Crippen LogP contribution in [0, 0.1) is 17.7 Å². The van der Waals surface area contributed by atoms with E-state index in [1.807, 2.05) is 23.1 Å². The lowest BCUT2D eigenvalue weighted by atomic mass is 10.1. The first-order valence-corrected chi connectivity index (χ1v) is 10.8. The molecule has 1 saturated heterocycles. The minimum atomic E-state index is -0.472. The highest BCUT2D eigenvalue weighted by Gasteiger charge is 2.38. The van der Waals surface area contributed by atoms with Gasteiger partial charge in [-0.1, -0.05) is 18.2 Å². The molecule has 1 saturated carbocycles. The molecule has 160 valence electrons. The Morgan fingerprint density at radius 2 is 1.90 bits per heavy atom. The summed E-state index contributed by atoms with van der Waals surface area (Å²) in [5.74, 6) is -0.805. The summed E-state index contributed by atoms with van der Waals surface area (Å²) in [6.07, 6.45) is 2.86. The summed E-state index contributed by atoms with van der Waals surface area (Å²) in [6, 6.07) is 12.0. The zero-order valence-electron chi connectivity index (χ0n) is 17.1. The standard InChI is InChI=1S/C24H24FN3O3/c25-20-4-2-1-3-17(20)13-26-23(30)18-12-22(29)28(14-18)19-7-8-21-16(11-19)9-10-27(21)24(31)15-5-6-15/h1-4,7-8,11,15,18H,5-6,9-10,12-14H2,(H,26,30). The number of anilines is 2. The fraction of sp³-hybridized carbons (Fsp3) is 0.375. The zero-order valence-corrected chi connectivity index (χ0v) is 17.1. The van der Waals surface area contributed by atoms with Crippen molar-refractivity contribution in [3.63, 3.8) is 0 Å². The minimum absolute atomic E-state index is 0.0971. The predicted molar refractivity (Wildman–Crippen MR) is 114 cm³/mol. The number of fused-ring (bicyclic) bond motifs is 1. The number of hydrogen-bond donors (Lipinski definition) is 1. The number of nitrogens with zero attached hydrogens (tertiary/aromatic N) is 2. The van der Waals surface area contributed by atoms with Crippen molar-refractivity contribution in [1.82, 2.24) is 5.32 Å². The molecule has 2 fully saturated rings. The van der Waals surface area contributed by atoms with E-state index in [9.17, 15) is 18.8 Å². The maximum Gasteiger partial charge on any atom is 0.230 e. The van der Waals surface area contributed by atoms with E-state index in [2.05, 4.69) is 5.32 Å². The Kier molecular flexibility index (Phi) is 4.96. The van der Waals surface area contributed by atoms with Gasteiger partial charge in [-0.3, -0.25) is 14.4 Å². The van der Waals surface area contributed by atoms with Crippen LogP contribution in [0.25, 0.3) is 0 Å². The van der Waals surface area contributed by atoms with Gasteiger partial charge in [-0.2, -0.15) is 0 Å². The van der Waals surface area contributed by atoms with E-state index < -0.39 is 5.92 Å². The smallest absolute Gasteiger partial charge is 0.230 e. The molecule has 2 aromatic carbocycles. The van der Waals surface area contributed by atoms with Gasteiger partial charge in [-0.05, 0) is 49.1 Å². The third kappa shape index (κ3) is 3.80. The van der Waals surface area contributed by atoms with E-state index in [4.69, 9.17) is 0 Å². The van der Waals surface area contributed by atoms with Crippen LogP contribution in [0.3, 0.4) is 0 Å². The maximum absolute atomic E-state index is 13.8. The number of halogens is 1. The van der Waals surface area contributed by atoms with Gasteiger partial charge in [0.15, 0.2) is 0 Å². The van der Waals surface area contributed by atoms with Crippen LogP contribution in [-0.2, 0) is 27.3 Å². The van der Waals surface area contributed by atoms with Gasteiger partial charge in [-0.15, -0.1) is 0 Å². The maximum atomic E-state index is 13.8. The number of hydrogen-bond acceptors (Lipinski definition) is 3. The van der Waals surface area contributed by atoms with Gasteiger partial charge < -0.3 is 15.1 Å². The van der Waals surface area contributed by atoms with E-state index in [-0.39, 0.29) is 42.4 Å². The van der Waals surface area contributed by atoms with Gasteiger partial charge in [0.25, 0.3) is 0 Å². The molecule has 1 N–H and O–H groups in total. The van der Waals surface area contributed by atoms with Crippen molar-refractivity contribution in [3.8, 4) is 0 Å². The van der Waals surface area contributed by atoms with Crippen molar-refractivity contribution >= 4 is 29.1 Å². The van der Waals surface area contributed by atoms with Gasteiger partial charge in [0.2, 0.25) is 17.7 Å². The fourth-order valence-corrected chi connectivity index (χ4v) is 4.44. The molecule has 3 amide bonds. The highest BCUT2D eigenvalue weighted by atomic mass is 19.1. The molecule has 31 heavy (non-hydrogen) atoms. The summed E-state index contributed by atoms with van der Waals surface area (Å²) in [5, 5.41) is 2.75. The lowest BCUT2D eigenvalue weighted by Crippen LogP contribution is -2.32. The second kappa shape index (κ2) is 7.80. The van der Waals surface area contributed by atoms with Gasteiger partial charge in [0.05, 0.1) is 5.92 Å². The third-order valence-electron chi connectivity index (χ3n) is 6.37. The lowest BCUT2D eigenvalue weighted by Gasteiger charge is -2.20. The second-order valence-corrected chi connectivity index (χ2v) is 8.54. The van der Waals surface area contributed by atoms with Crippen LogP contribution >= 0.6 is 0 Å². The molecule has 0 spiro atoms. The monoisotopic (exact) mass is 421 g/mol. The summed E-state index contributed by atoms with van der Waals surface area (Å²) < 4.78 is 13.8. The van der Waals surface area contributed by atoms with Gasteiger partial charge in [-0.25, -0.2) is 4.39 Å². The van der Waals surface area contributed by atoms with Crippen LogP contribution < -0.4 is 15.1 Å². The Balaban J connectivity index is 1.24. The highest BCUT2D eigenvalue weighted by Crippen LogP contribution is 2.38. The zero-order chi connectivity index (χ0) is 21.5. The molecule has 7 heteroatoms. The Labute approximate surface area is 180 Å². The van der Waals surface area contributed by atoms with E-state index in [1.165, 1.54) is 6.07 Å². The quantitative estimate of drug-likeness (QED) is 0.807. The van der Waals surface area contributed by atoms with Crippen LogP contribution in [0.1, 0.15) is 30.4 Å². The average Bonchev–Trinajstić information content (AvgIpc) is 3.43. The Morgan fingerprint density at radius 3 is 2.68 bits per heavy atom. The van der Waals surface area contributed by atoms with Gasteiger partial charge in [0, 0.05) is 48.9 Å². The Morgan fingerprint density at radius 1 is 1.10 bits per heavy atom. The predicted octanol–water partition coefficient (Wildman–Crippen LogP) is 2.79. The summed E-state index contributed by atoms with van der Waals surface area (Å²) in [6.45, 7) is 1.08. The number of carbonyl (C=O) groups excluding carboxylic acids is 3. The molecule has 3 aliphatic rings. The number of carbonyl (C=O) groups is 3. The first-order chi connectivity index (χ1) is 15.0. The summed E-state index contributed by atoms with van der Waals surface area (Å²) in [5.41, 5.74) is 3.17. The fourth-order valence-electron chi connectivity index (χ4n) is 4.44. The lowest BCUT2D eigenvalue weighted by molar-refractivity contribution is -0.126. The van der Waals surface area contributed by atoms with Crippen molar-refractivity contribution in [2.24, 2.45) is 11.8 Å². The number of benzene rings is 2. The average molecular weight is 421 g/mol. The Bertz CT molecular complexity index is 1070. The topological polar surface area (TPSA) is 69.7 Å². The second-order valence-electron chi connectivity index (χ2n) is 8.54. The van der Waals surface area contributed by atoms with Crippen molar-refractivity contribution in [1.29, 1.82) is 0 Å². The number of rotatable bonds is 5. The molecule has 6 nitrogen and oxygen atoms in total. The first kappa shape index (κ1) is 19.7.